The molecule has 0 aromatic heterocycles. The molecule has 1 aromatic carbocycles. The van der Waals surface area contributed by atoms with E-state index in [2.05, 4.69) is 24.0 Å². The van der Waals surface area contributed by atoms with Crippen molar-refractivity contribution in [3.8, 4) is 5.75 Å². The minimum absolute atomic E-state index is 0.529. The molecule has 1 aliphatic heterocycles. The Bertz CT molecular complexity index is 364. The second kappa shape index (κ2) is 8.98. The van der Waals surface area contributed by atoms with E-state index in [9.17, 15) is 0 Å². The van der Waals surface area contributed by atoms with Gasteiger partial charge in [-0.15, -0.1) is 0 Å². The van der Waals surface area contributed by atoms with Gasteiger partial charge in [0.1, 0.15) is 5.75 Å². The second-order valence-electron chi connectivity index (χ2n) is 5.24. The van der Waals surface area contributed by atoms with Gasteiger partial charge in [-0.25, -0.2) is 0 Å². The van der Waals surface area contributed by atoms with Crippen molar-refractivity contribution in [3.63, 3.8) is 0 Å². The summed E-state index contributed by atoms with van der Waals surface area (Å²) < 4.78 is 5.18. The average Bonchev–Trinajstić information content (AvgIpc) is 2.50. The zero-order chi connectivity index (χ0) is 15.0. The lowest BCUT2D eigenvalue weighted by atomic mass is 9.90. The van der Waals surface area contributed by atoms with Crippen molar-refractivity contribution >= 4 is 0 Å². The van der Waals surface area contributed by atoms with Crippen molar-refractivity contribution in [3.05, 3.63) is 29.8 Å². The van der Waals surface area contributed by atoms with Crippen LogP contribution >= 0.6 is 0 Å². The number of piperidine rings is 1. The second-order valence-corrected chi connectivity index (χ2v) is 5.24. The highest BCUT2D eigenvalue weighted by molar-refractivity contribution is 5.27. The number of ether oxygens (including phenoxy) is 1. The van der Waals surface area contributed by atoms with Crippen LogP contribution in [-0.4, -0.2) is 31.1 Å². The van der Waals surface area contributed by atoms with Crippen LogP contribution < -0.4 is 10.5 Å². The van der Waals surface area contributed by atoms with Gasteiger partial charge in [-0.1, -0.05) is 32.9 Å². The van der Waals surface area contributed by atoms with E-state index in [0.717, 1.165) is 25.4 Å². The summed E-state index contributed by atoms with van der Waals surface area (Å²) in [6, 6.07) is 8.87. The summed E-state index contributed by atoms with van der Waals surface area (Å²) in [6.07, 6.45) is 2.59. The molecule has 0 radical (unpaired) electrons. The minimum Gasteiger partial charge on any atom is -0.497 e. The van der Waals surface area contributed by atoms with Crippen LogP contribution in [-0.2, 0) is 6.54 Å². The quantitative estimate of drug-likeness (QED) is 0.918. The number of benzene rings is 1. The van der Waals surface area contributed by atoms with E-state index >= 15 is 0 Å². The number of likely N-dealkylation sites (tertiary alicyclic amines) is 1. The molecule has 1 heterocycles. The van der Waals surface area contributed by atoms with Gasteiger partial charge in [0.05, 0.1) is 7.11 Å². The van der Waals surface area contributed by atoms with Crippen molar-refractivity contribution in [2.24, 2.45) is 11.7 Å². The molecule has 1 aromatic rings. The highest BCUT2D eigenvalue weighted by atomic mass is 16.5. The number of nitrogens with two attached hydrogens (primary N) is 1. The molecule has 2 unspecified atom stereocenters. The standard InChI is InChI=1S/C15H24N2O.C2H6/c1-12-4-3-9-17(15(12)10-16)11-13-5-7-14(18-2)8-6-13;1-2/h5-8,12,15H,3-4,9-11,16H2,1-2H3;1-2H3. The number of nitrogens with zero attached hydrogens (tertiary/aromatic N) is 1. The van der Waals surface area contributed by atoms with Gasteiger partial charge in [-0.05, 0) is 43.0 Å². The Balaban J connectivity index is 0.000000956. The van der Waals surface area contributed by atoms with Crippen molar-refractivity contribution in [1.82, 2.24) is 4.90 Å². The first-order valence-electron chi connectivity index (χ1n) is 7.81. The molecule has 1 aliphatic rings. The number of hydrogen-bond acceptors (Lipinski definition) is 3. The first kappa shape index (κ1) is 17.0. The minimum atomic E-state index is 0.529. The highest BCUT2D eigenvalue weighted by Crippen LogP contribution is 2.24. The Morgan fingerprint density at radius 2 is 1.90 bits per heavy atom. The monoisotopic (exact) mass is 278 g/mol. The topological polar surface area (TPSA) is 38.5 Å². The average molecular weight is 278 g/mol. The molecule has 2 rings (SSSR count). The van der Waals surface area contributed by atoms with Gasteiger partial charge in [0.15, 0.2) is 0 Å². The van der Waals surface area contributed by atoms with Gasteiger partial charge in [0, 0.05) is 19.1 Å². The molecule has 3 heteroatoms. The largest absolute Gasteiger partial charge is 0.497 e. The highest BCUT2D eigenvalue weighted by Gasteiger charge is 2.26. The van der Waals surface area contributed by atoms with E-state index in [1.807, 2.05) is 26.0 Å². The van der Waals surface area contributed by atoms with Crippen LogP contribution in [0.2, 0.25) is 0 Å². The van der Waals surface area contributed by atoms with Crippen LogP contribution in [0.25, 0.3) is 0 Å². The van der Waals surface area contributed by atoms with E-state index in [4.69, 9.17) is 10.5 Å². The maximum Gasteiger partial charge on any atom is 0.118 e. The zero-order valence-corrected chi connectivity index (χ0v) is 13.4. The predicted octanol–water partition coefficient (Wildman–Crippen LogP) is 3.28. The summed E-state index contributed by atoms with van der Waals surface area (Å²) in [5.41, 5.74) is 7.26. The van der Waals surface area contributed by atoms with E-state index in [1.54, 1.807) is 7.11 Å². The van der Waals surface area contributed by atoms with Gasteiger partial charge in [-0.3, -0.25) is 4.90 Å². The molecule has 0 spiro atoms. The fourth-order valence-electron chi connectivity index (χ4n) is 2.88. The Morgan fingerprint density at radius 1 is 1.25 bits per heavy atom. The summed E-state index contributed by atoms with van der Waals surface area (Å²) in [5.74, 6) is 1.63. The lowest BCUT2D eigenvalue weighted by Crippen LogP contribution is -2.47. The molecule has 114 valence electrons. The van der Waals surface area contributed by atoms with Gasteiger partial charge in [-0.2, -0.15) is 0 Å². The number of methoxy groups -OCH3 is 1. The molecule has 0 aliphatic carbocycles. The SMILES string of the molecule is CC.COc1ccc(CN2CCCC(C)C2CN)cc1. The third kappa shape index (κ3) is 4.50. The Morgan fingerprint density at radius 3 is 2.45 bits per heavy atom. The van der Waals surface area contributed by atoms with Crippen LogP contribution in [0.15, 0.2) is 24.3 Å². The van der Waals surface area contributed by atoms with E-state index in [1.165, 1.54) is 18.4 Å². The predicted molar refractivity (Wildman–Crippen MR) is 86.0 cm³/mol. The maximum atomic E-state index is 5.92. The van der Waals surface area contributed by atoms with Crippen LogP contribution in [0.5, 0.6) is 5.75 Å². The van der Waals surface area contributed by atoms with E-state index in [0.29, 0.717) is 12.0 Å². The molecule has 3 nitrogen and oxygen atoms in total. The van der Waals surface area contributed by atoms with E-state index < -0.39 is 0 Å². The molecule has 2 atom stereocenters. The lowest BCUT2D eigenvalue weighted by Gasteiger charge is -2.39. The molecule has 0 bridgehead atoms. The van der Waals surface area contributed by atoms with Crippen molar-refractivity contribution < 1.29 is 4.74 Å². The zero-order valence-electron chi connectivity index (χ0n) is 13.4. The number of hydrogen-bond donors (Lipinski definition) is 1. The first-order chi connectivity index (χ1) is 9.74. The molecule has 0 saturated carbocycles. The summed E-state index contributed by atoms with van der Waals surface area (Å²) in [6.45, 7) is 9.24. The molecular formula is C17H30N2O. The molecule has 1 saturated heterocycles. The summed E-state index contributed by atoms with van der Waals surface area (Å²) in [5, 5.41) is 0. The molecular weight excluding hydrogens is 248 g/mol. The van der Waals surface area contributed by atoms with Gasteiger partial charge < -0.3 is 10.5 Å². The van der Waals surface area contributed by atoms with Gasteiger partial charge >= 0.3 is 0 Å². The van der Waals surface area contributed by atoms with Crippen molar-refractivity contribution in [1.29, 1.82) is 0 Å². The third-order valence-corrected chi connectivity index (χ3v) is 4.02. The maximum absolute atomic E-state index is 5.92. The Labute approximate surface area is 124 Å². The first-order valence-corrected chi connectivity index (χ1v) is 7.81. The smallest absolute Gasteiger partial charge is 0.118 e. The summed E-state index contributed by atoms with van der Waals surface area (Å²) >= 11 is 0. The normalized spacial score (nSPS) is 22.9. The summed E-state index contributed by atoms with van der Waals surface area (Å²) in [7, 11) is 1.70. The molecule has 1 fully saturated rings. The fourth-order valence-corrected chi connectivity index (χ4v) is 2.88. The third-order valence-electron chi connectivity index (χ3n) is 4.02. The van der Waals surface area contributed by atoms with Crippen molar-refractivity contribution in [2.45, 2.75) is 46.2 Å². The lowest BCUT2D eigenvalue weighted by molar-refractivity contribution is 0.0991. The molecule has 2 N–H and O–H groups in total. The van der Waals surface area contributed by atoms with E-state index in [-0.39, 0.29) is 0 Å². The Hall–Kier alpha value is -1.06. The fraction of sp³-hybridized carbons (Fsp3) is 0.647. The number of rotatable bonds is 4. The molecule has 20 heavy (non-hydrogen) atoms. The van der Waals surface area contributed by atoms with Crippen LogP contribution in [0, 0.1) is 5.92 Å². The summed E-state index contributed by atoms with van der Waals surface area (Å²) in [4.78, 5) is 2.52. The Kier molecular flexibility index (Phi) is 7.63. The van der Waals surface area contributed by atoms with Crippen LogP contribution in [0.4, 0.5) is 0 Å². The molecule has 0 amide bonds. The van der Waals surface area contributed by atoms with Gasteiger partial charge in [0.25, 0.3) is 0 Å². The van der Waals surface area contributed by atoms with Gasteiger partial charge in [0.2, 0.25) is 0 Å². The van der Waals surface area contributed by atoms with Crippen LogP contribution in [0.1, 0.15) is 39.2 Å². The van der Waals surface area contributed by atoms with Crippen LogP contribution in [0.3, 0.4) is 0 Å². The van der Waals surface area contributed by atoms with Crippen molar-refractivity contribution in [2.75, 3.05) is 20.2 Å².